The summed E-state index contributed by atoms with van der Waals surface area (Å²) < 4.78 is 0. The molecule has 2 aromatic carbocycles. The van der Waals surface area contributed by atoms with Crippen molar-refractivity contribution in [2.24, 2.45) is 4.99 Å². The van der Waals surface area contributed by atoms with Crippen LogP contribution in [-0.4, -0.2) is 10.1 Å². The predicted molar refractivity (Wildman–Crippen MR) is 97.1 cm³/mol. The summed E-state index contributed by atoms with van der Waals surface area (Å²) in [5.74, 6) is 0. The molecule has 0 amide bonds. The van der Waals surface area contributed by atoms with Crippen molar-refractivity contribution in [3.63, 3.8) is 0 Å². The normalized spacial score (nSPS) is 10.0. The minimum absolute atomic E-state index is 0.822. The summed E-state index contributed by atoms with van der Waals surface area (Å²) in [5, 5.41) is 8.48. The molecule has 0 atom stereocenters. The van der Waals surface area contributed by atoms with E-state index < -0.39 is 0 Å². The SMILES string of the molecule is S=C=Nc1ccc(Sc2ccc(Nc3nccs3)cc2)cc1. The van der Waals surface area contributed by atoms with E-state index in [4.69, 9.17) is 0 Å². The Hall–Kier alpha value is -1.98. The lowest BCUT2D eigenvalue weighted by Gasteiger charge is -2.05. The molecule has 0 bridgehead atoms. The van der Waals surface area contributed by atoms with Gasteiger partial charge in [0.1, 0.15) is 0 Å². The second-order valence-electron chi connectivity index (χ2n) is 4.29. The quantitative estimate of drug-likeness (QED) is 0.472. The van der Waals surface area contributed by atoms with E-state index in [2.05, 4.69) is 56.9 Å². The molecule has 0 fully saturated rings. The summed E-state index contributed by atoms with van der Waals surface area (Å²) in [6, 6.07) is 16.2. The molecule has 0 spiro atoms. The summed E-state index contributed by atoms with van der Waals surface area (Å²) in [6.07, 6.45) is 1.79. The first-order valence-corrected chi connectivity index (χ1v) is 8.56. The van der Waals surface area contributed by atoms with Crippen molar-refractivity contribution in [1.82, 2.24) is 4.98 Å². The molecule has 0 radical (unpaired) electrons. The Morgan fingerprint density at radius 1 is 1.05 bits per heavy atom. The number of rotatable bonds is 5. The Bertz CT molecular complexity index is 775. The zero-order chi connectivity index (χ0) is 15.2. The fourth-order valence-corrected chi connectivity index (χ4v) is 3.26. The van der Waals surface area contributed by atoms with E-state index in [1.807, 2.05) is 29.6 Å². The second-order valence-corrected chi connectivity index (χ2v) is 6.51. The van der Waals surface area contributed by atoms with Gasteiger partial charge in [-0.25, -0.2) is 4.98 Å². The Labute approximate surface area is 142 Å². The van der Waals surface area contributed by atoms with Crippen molar-refractivity contribution in [1.29, 1.82) is 0 Å². The van der Waals surface area contributed by atoms with Gasteiger partial charge in [-0.05, 0) is 60.7 Å². The lowest BCUT2D eigenvalue weighted by Crippen LogP contribution is -1.88. The van der Waals surface area contributed by atoms with E-state index in [1.165, 1.54) is 4.90 Å². The Morgan fingerprint density at radius 2 is 1.73 bits per heavy atom. The smallest absolute Gasteiger partial charge is 0.187 e. The second kappa shape index (κ2) is 7.33. The molecule has 108 valence electrons. The largest absolute Gasteiger partial charge is 0.332 e. The fourth-order valence-electron chi connectivity index (χ4n) is 1.79. The monoisotopic (exact) mass is 341 g/mol. The molecule has 6 heteroatoms. The molecule has 1 N–H and O–H groups in total. The number of thiazole rings is 1. The average Bonchev–Trinajstić information content (AvgIpc) is 3.04. The Balaban J connectivity index is 1.66. The molecule has 0 aliphatic rings. The van der Waals surface area contributed by atoms with Crippen molar-refractivity contribution in [2.75, 3.05) is 5.32 Å². The van der Waals surface area contributed by atoms with Gasteiger partial charge < -0.3 is 5.32 Å². The van der Waals surface area contributed by atoms with E-state index in [0.29, 0.717) is 0 Å². The number of nitrogens with zero attached hydrogens (tertiary/aromatic N) is 2. The van der Waals surface area contributed by atoms with Gasteiger partial charge >= 0.3 is 0 Å². The van der Waals surface area contributed by atoms with Gasteiger partial charge in [-0.1, -0.05) is 11.8 Å². The van der Waals surface area contributed by atoms with Crippen LogP contribution >= 0.6 is 35.3 Å². The van der Waals surface area contributed by atoms with Gasteiger partial charge in [0.15, 0.2) is 5.13 Å². The van der Waals surface area contributed by atoms with E-state index in [-0.39, 0.29) is 0 Å². The number of hydrogen-bond donors (Lipinski definition) is 1. The van der Waals surface area contributed by atoms with Crippen LogP contribution in [0.15, 0.2) is 74.9 Å². The third-order valence-electron chi connectivity index (χ3n) is 2.79. The molecule has 3 aromatic rings. The molecule has 0 aliphatic heterocycles. The minimum atomic E-state index is 0.822. The molecule has 0 unspecified atom stereocenters. The molecule has 0 saturated heterocycles. The van der Waals surface area contributed by atoms with Crippen molar-refractivity contribution in [3.05, 3.63) is 60.1 Å². The summed E-state index contributed by atoms with van der Waals surface area (Å²) in [4.78, 5) is 10.5. The molecule has 0 saturated carbocycles. The number of benzene rings is 2. The molecular weight excluding hydrogens is 330 g/mol. The zero-order valence-corrected chi connectivity index (χ0v) is 13.8. The number of aromatic nitrogens is 1. The van der Waals surface area contributed by atoms with Crippen LogP contribution in [0.1, 0.15) is 0 Å². The lowest BCUT2D eigenvalue weighted by atomic mass is 10.3. The highest BCUT2D eigenvalue weighted by Crippen LogP contribution is 2.30. The summed E-state index contributed by atoms with van der Waals surface area (Å²) in [7, 11) is 0. The van der Waals surface area contributed by atoms with Gasteiger partial charge in [0.05, 0.1) is 10.8 Å². The fraction of sp³-hybridized carbons (Fsp3) is 0. The molecule has 1 aromatic heterocycles. The lowest BCUT2D eigenvalue weighted by molar-refractivity contribution is 1.37. The average molecular weight is 341 g/mol. The maximum absolute atomic E-state index is 4.59. The summed E-state index contributed by atoms with van der Waals surface area (Å²) in [6.45, 7) is 0. The molecule has 0 aliphatic carbocycles. The van der Waals surface area contributed by atoms with Crippen LogP contribution in [0, 0.1) is 0 Å². The van der Waals surface area contributed by atoms with Gasteiger partial charge in [-0.2, -0.15) is 4.99 Å². The summed E-state index contributed by atoms with van der Waals surface area (Å²) in [5.41, 5.74) is 1.85. The van der Waals surface area contributed by atoms with Crippen LogP contribution in [0.4, 0.5) is 16.5 Å². The summed E-state index contributed by atoms with van der Waals surface area (Å²) >= 11 is 7.88. The van der Waals surface area contributed by atoms with Crippen LogP contribution in [0.25, 0.3) is 0 Å². The first-order valence-electron chi connectivity index (χ1n) is 6.46. The highest BCUT2D eigenvalue weighted by molar-refractivity contribution is 7.99. The maximum Gasteiger partial charge on any atom is 0.187 e. The molecule has 22 heavy (non-hydrogen) atoms. The number of anilines is 2. The van der Waals surface area contributed by atoms with Crippen LogP contribution in [0.3, 0.4) is 0 Å². The topological polar surface area (TPSA) is 37.3 Å². The van der Waals surface area contributed by atoms with Gasteiger partial charge in [0, 0.05) is 27.1 Å². The van der Waals surface area contributed by atoms with Crippen LogP contribution in [0.5, 0.6) is 0 Å². The van der Waals surface area contributed by atoms with Crippen LogP contribution in [0.2, 0.25) is 0 Å². The van der Waals surface area contributed by atoms with Crippen molar-refractivity contribution < 1.29 is 0 Å². The molecule has 3 rings (SSSR count). The molecule has 1 heterocycles. The molecule has 3 nitrogen and oxygen atoms in total. The van der Waals surface area contributed by atoms with E-state index in [0.717, 1.165) is 21.4 Å². The number of hydrogen-bond acceptors (Lipinski definition) is 6. The highest BCUT2D eigenvalue weighted by atomic mass is 32.2. The van der Waals surface area contributed by atoms with Gasteiger partial charge in [-0.15, -0.1) is 11.3 Å². The molecular formula is C16H11N3S3. The number of isothiocyanates is 1. The number of aliphatic imine (C=N–C) groups is 1. The van der Waals surface area contributed by atoms with E-state index in [1.54, 1.807) is 29.3 Å². The van der Waals surface area contributed by atoms with E-state index >= 15 is 0 Å². The standard InChI is InChI=1S/C16H11N3S3/c20-11-18-12-1-5-14(6-2-12)22-15-7-3-13(4-8-15)19-16-17-9-10-21-16/h1-10H,(H,17,19). The maximum atomic E-state index is 4.59. The first-order chi connectivity index (χ1) is 10.8. The third kappa shape index (κ3) is 4.02. The van der Waals surface area contributed by atoms with Gasteiger partial charge in [-0.3, -0.25) is 0 Å². The zero-order valence-electron chi connectivity index (χ0n) is 11.4. The van der Waals surface area contributed by atoms with Gasteiger partial charge in [0.25, 0.3) is 0 Å². The van der Waals surface area contributed by atoms with Crippen LogP contribution < -0.4 is 5.32 Å². The first kappa shape index (κ1) is 14.9. The number of nitrogens with one attached hydrogen (secondary N) is 1. The minimum Gasteiger partial charge on any atom is -0.332 e. The van der Waals surface area contributed by atoms with Crippen molar-refractivity contribution in [3.8, 4) is 0 Å². The highest BCUT2D eigenvalue weighted by Gasteiger charge is 2.00. The van der Waals surface area contributed by atoms with Gasteiger partial charge in [0.2, 0.25) is 0 Å². The predicted octanol–water partition coefficient (Wildman–Crippen LogP) is 5.77. The van der Waals surface area contributed by atoms with Crippen molar-refractivity contribution in [2.45, 2.75) is 9.79 Å². The Morgan fingerprint density at radius 3 is 2.32 bits per heavy atom. The number of thiocarbonyl (C=S) groups is 1. The van der Waals surface area contributed by atoms with E-state index in [9.17, 15) is 0 Å². The third-order valence-corrected chi connectivity index (χ3v) is 4.58. The Kier molecular flexibility index (Phi) is 4.98. The van der Waals surface area contributed by atoms with Crippen molar-refractivity contribution >= 4 is 57.0 Å². The van der Waals surface area contributed by atoms with Crippen LogP contribution in [-0.2, 0) is 0 Å².